The molecule has 0 spiro atoms. The van der Waals surface area contributed by atoms with Crippen LogP contribution >= 0.6 is 33.0 Å². The quantitative estimate of drug-likeness (QED) is 0.247. The smallest absolute Gasteiger partial charge is 0.598 e. The summed E-state index contributed by atoms with van der Waals surface area (Å²) in [6.45, 7) is 0. The molecule has 0 saturated carbocycles. The van der Waals surface area contributed by atoms with Crippen molar-refractivity contribution < 1.29 is 79.8 Å². The Hall–Kier alpha value is 0.820. The molecule has 0 aromatic carbocycles. The molecule has 0 saturated heterocycles. The molecule has 0 aromatic heterocycles. The Balaban J connectivity index is -0.0000000257. The Morgan fingerprint density at radius 2 is 0.667 bits per heavy atom. The maximum Gasteiger partial charge on any atom is 5.00 e. The van der Waals surface area contributed by atoms with Gasteiger partial charge in [-0.15, -0.1) is 9.79 Å². The van der Waals surface area contributed by atoms with Crippen LogP contribution < -0.4 is 24.5 Å². The van der Waals surface area contributed by atoms with Crippen LogP contribution in [0.3, 0.4) is 0 Å². The molecule has 0 aromatic rings. The van der Waals surface area contributed by atoms with Crippen LogP contribution in [0.15, 0.2) is 0 Å². The van der Waals surface area contributed by atoms with Gasteiger partial charge in [0.05, 0.1) is 0 Å². The second kappa shape index (κ2) is 30.7. The molecule has 104 valence electrons. The first-order valence-electron chi connectivity index (χ1n) is 2.24. The molecule has 0 aliphatic rings. The van der Waals surface area contributed by atoms with Crippen LogP contribution in [0.5, 0.6) is 0 Å². The molecule has 0 rings (SSSR count). The summed E-state index contributed by atoms with van der Waals surface area (Å²) in [7, 11) is -12.7. The Kier molecular flexibility index (Phi) is 62.0. The van der Waals surface area contributed by atoms with Crippen molar-refractivity contribution in [3.8, 4) is 0 Å². The first-order valence-corrected chi connectivity index (χ1v) is 6.73. The Bertz CT molecular complexity index is 164. The standard InChI is InChI=1S/CH4.Nb.4HO3P/c;;4*1-4(2)3/h1H4;;(H-,1,2,3);3*(H,1,2,3)/q;+5;;;;/p-1. The average molecular weight is 428 g/mol. The van der Waals surface area contributed by atoms with Gasteiger partial charge in [0.25, 0.3) is 16.5 Å². The van der Waals surface area contributed by atoms with Crippen molar-refractivity contribution in [1.82, 2.24) is 0 Å². The van der Waals surface area contributed by atoms with Gasteiger partial charge in [-0.25, -0.2) is 0 Å². The van der Waals surface area contributed by atoms with Crippen LogP contribution in [-0.2, 0) is 40.6 Å². The molecule has 0 aliphatic heterocycles. The van der Waals surface area contributed by atoms with Crippen LogP contribution in [0.4, 0.5) is 0 Å². The molecule has 0 heterocycles. The summed E-state index contributed by atoms with van der Waals surface area (Å²) in [5.74, 6) is 0. The van der Waals surface area contributed by atoms with Gasteiger partial charge in [-0.1, -0.05) is 16.6 Å². The van der Waals surface area contributed by atoms with E-state index >= 15 is 0 Å². The summed E-state index contributed by atoms with van der Waals surface area (Å²) < 4.78 is 34.3. The fourth-order valence-corrected chi connectivity index (χ4v) is 0. The van der Waals surface area contributed by atoms with Crippen molar-refractivity contribution in [2.75, 3.05) is 0 Å². The predicted molar refractivity (Wildman–Crippen MR) is 43.8 cm³/mol. The first kappa shape index (κ1) is 36.4. The Morgan fingerprint density at radius 1 is 0.667 bits per heavy atom. The second-order valence-corrected chi connectivity index (χ2v) is 2.81. The molecule has 0 amide bonds. The fourth-order valence-electron chi connectivity index (χ4n) is 0. The molecule has 0 radical (unpaired) electrons. The monoisotopic (exact) mass is 428 g/mol. The summed E-state index contributed by atoms with van der Waals surface area (Å²) in [6.07, 6.45) is 0. The summed E-state index contributed by atoms with van der Waals surface area (Å²) in [5, 5.41) is 0. The maximum atomic E-state index is 8.70. The molecular formula is CH7NbO12P4+4. The fraction of sp³-hybridized carbons (Fsp3) is 1.00. The van der Waals surface area contributed by atoms with Gasteiger partial charge in [0.1, 0.15) is 0 Å². The third-order valence-corrected chi connectivity index (χ3v) is 0. The second-order valence-electron chi connectivity index (χ2n) is 0.938. The van der Waals surface area contributed by atoms with Crippen molar-refractivity contribution in [2.45, 2.75) is 7.43 Å². The molecule has 17 heteroatoms. The van der Waals surface area contributed by atoms with E-state index in [4.69, 9.17) is 57.4 Å². The number of hydrogen-bond acceptors (Lipinski definition) is 9. The SMILES string of the molecule is C.O=[P+](O)O.O=[P+]([O-])O.O=[P+]([O-])[O-].O=[P+]([O-])[O-].[Nb+5]. The molecule has 1 atom stereocenters. The van der Waals surface area contributed by atoms with Gasteiger partial charge in [-0.2, -0.15) is 4.89 Å². The van der Waals surface area contributed by atoms with Gasteiger partial charge in [-0.3, -0.25) is 0 Å². The zero-order chi connectivity index (χ0) is 14.3. The normalized spacial score (nSPS) is 6.78. The van der Waals surface area contributed by atoms with Gasteiger partial charge >= 0.3 is 38.9 Å². The van der Waals surface area contributed by atoms with Gasteiger partial charge < -0.3 is 24.5 Å². The van der Waals surface area contributed by atoms with Crippen LogP contribution in [0.25, 0.3) is 0 Å². The van der Waals surface area contributed by atoms with E-state index in [-0.39, 0.29) is 29.8 Å². The van der Waals surface area contributed by atoms with E-state index in [0.717, 1.165) is 0 Å². The summed E-state index contributed by atoms with van der Waals surface area (Å²) in [6, 6.07) is 0. The Labute approximate surface area is 120 Å². The molecule has 1 unspecified atom stereocenters. The zero-order valence-corrected chi connectivity index (χ0v) is 13.0. The van der Waals surface area contributed by atoms with Crippen molar-refractivity contribution >= 4 is 33.0 Å². The minimum absolute atomic E-state index is 0. The van der Waals surface area contributed by atoms with Gasteiger partial charge in [0, 0.05) is 4.57 Å². The number of hydrogen-bond donors (Lipinski definition) is 3. The van der Waals surface area contributed by atoms with Crippen molar-refractivity contribution in [2.24, 2.45) is 0 Å². The largest absolute Gasteiger partial charge is 5.00 e. The van der Waals surface area contributed by atoms with E-state index in [1.54, 1.807) is 0 Å². The van der Waals surface area contributed by atoms with Gasteiger partial charge in [0.15, 0.2) is 0 Å². The van der Waals surface area contributed by atoms with E-state index in [2.05, 4.69) is 0 Å². The zero-order valence-electron chi connectivity index (χ0n) is 7.25. The summed E-state index contributed by atoms with van der Waals surface area (Å²) >= 11 is 0. The van der Waals surface area contributed by atoms with Crippen LogP contribution in [0.2, 0.25) is 0 Å². The molecule has 18 heavy (non-hydrogen) atoms. The molecule has 3 N–H and O–H groups in total. The van der Waals surface area contributed by atoms with Crippen LogP contribution in [0, 0.1) is 0 Å². The summed E-state index contributed by atoms with van der Waals surface area (Å²) in [5.41, 5.74) is 0. The third-order valence-electron chi connectivity index (χ3n) is 0. The minimum Gasteiger partial charge on any atom is -0.598 e. The Morgan fingerprint density at radius 3 is 0.667 bits per heavy atom. The van der Waals surface area contributed by atoms with Crippen LogP contribution in [-0.4, -0.2) is 14.7 Å². The van der Waals surface area contributed by atoms with E-state index < -0.39 is 33.0 Å². The number of rotatable bonds is 0. The first-order chi connectivity index (χ1) is 6.93. The average Bonchev–Trinajstić information content (AvgIpc) is 1.76. The predicted octanol–water partition coefficient (Wildman–Crippen LogP) is -4.01. The van der Waals surface area contributed by atoms with Gasteiger partial charge in [-0.05, 0) is 4.57 Å². The maximum absolute atomic E-state index is 8.70. The van der Waals surface area contributed by atoms with E-state index in [1.807, 2.05) is 0 Å². The van der Waals surface area contributed by atoms with Crippen molar-refractivity contribution in [3.63, 3.8) is 0 Å². The molecule has 0 aliphatic carbocycles. The summed E-state index contributed by atoms with van der Waals surface area (Å²) in [4.78, 5) is 63.8. The van der Waals surface area contributed by atoms with Gasteiger partial charge in [0.2, 0.25) is 0 Å². The molecular weight excluding hydrogens is 421 g/mol. The van der Waals surface area contributed by atoms with E-state index in [0.29, 0.717) is 0 Å². The molecule has 0 fully saturated rings. The molecule has 0 bridgehead atoms. The topological polar surface area (TPSA) is 244 Å². The third kappa shape index (κ3) is 6260. The van der Waals surface area contributed by atoms with E-state index in [9.17, 15) is 0 Å². The molecule has 12 nitrogen and oxygen atoms in total. The van der Waals surface area contributed by atoms with Crippen molar-refractivity contribution in [3.05, 3.63) is 0 Å². The van der Waals surface area contributed by atoms with Crippen molar-refractivity contribution in [1.29, 1.82) is 0 Å². The minimum atomic E-state index is -3.37. The van der Waals surface area contributed by atoms with E-state index in [1.165, 1.54) is 0 Å². The van der Waals surface area contributed by atoms with Crippen LogP contribution in [0.1, 0.15) is 7.43 Å².